The summed E-state index contributed by atoms with van der Waals surface area (Å²) in [5, 5.41) is 0. The molecule has 8 heteroatoms. The fourth-order valence-electron chi connectivity index (χ4n) is 5.58. The van der Waals surface area contributed by atoms with Crippen LogP contribution in [0.2, 0.25) is 0 Å². The second kappa shape index (κ2) is 11.4. The molecule has 1 saturated heterocycles. The van der Waals surface area contributed by atoms with Crippen molar-refractivity contribution in [2.75, 3.05) is 13.7 Å². The van der Waals surface area contributed by atoms with Crippen molar-refractivity contribution in [3.8, 4) is 5.75 Å². The molecule has 4 rings (SSSR count). The SMILES string of the molecule is COc1ccc(C(=O)CC(C)C)cc1C1=C(CN2C(=O)O[C@H](c3cc(C)cc(C(F)(F)F)c3)[C@@H]2C)CCCC1. The third-order valence-corrected chi connectivity index (χ3v) is 7.53. The fourth-order valence-corrected chi connectivity index (χ4v) is 5.58. The van der Waals surface area contributed by atoms with E-state index in [2.05, 4.69) is 0 Å². The zero-order valence-corrected chi connectivity index (χ0v) is 23.2. The number of hydrogen-bond acceptors (Lipinski definition) is 4. The van der Waals surface area contributed by atoms with Gasteiger partial charge >= 0.3 is 12.3 Å². The van der Waals surface area contributed by atoms with Crippen LogP contribution in [-0.2, 0) is 10.9 Å². The Balaban J connectivity index is 1.66. The molecule has 0 aromatic heterocycles. The van der Waals surface area contributed by atoms with E-state index in [0.29, 0.717) is 35.4 Å². The van der Waals surface area contributed by atoms with Crippen molar-refractivity contribution in [3.05, 3.63) is 69.8 Å². The average molecular weight is 544 g/mol. The minimum Gasteiger partial charge on any atom is -0.496 e. The number of amides is 1. The number of ketones is 1. The van der Waals surface area contributed by atoms with Gasteiger partial charge in [-0.15, -0.1) is 0 Å². The van der Waals surface area contributed by atoms with Crippen LogP contribution in [0.3, 0.4) is 0 Å². The van der Waals surface area contributed by atoms with E-state index in [1.807, 2.05) is 26.0 Å². The Labute approximate surface area is 228 Å². The van der Waals surface area contributed by atoms with Crippen LogP contribution < -0.4 is 4.74 Å². The Bertz CT molecular complexity index is 1280. The van der Waals surface area contributed by atoms with E-state index in [1.54, 1.807) is 38.0 Å². The summed E-state index contributed by atoms with van der Waals surface area (Å²) in [5.41, 5.74) is 3.63. The smallest absolute Gasteiger partial charge is 0.416 e. The second-order valence-corrected chi connectivity index (χ2v) is 11.0. The van der Waals surface area contributed by atoms with Gasteiger partial charge in [-0.3, -0.25) is 9.69 Å². The third-order valence-electron chi connectivity index (χ3n) is 7.53. The standard InChI is InChI=1S/C31H36F3NO4/c1-18(2)12-27(36)21-10-11-28(38-5)26(16-21)25-9-7-6-8-22(25)17-35-20(4)29(39-30(35)37)23-13-19(3)14-24(15-23)31(32,33)34/h10-11,13-16,18,20,29H,6-9,12,17H2,1-5H3/t20-,29-/m0/s1. The number of benzene rings is 2. The Morgan fingerprint density at radius 2 is 1.85 bits per heavy atom. The highest BCUT2D eigenvalue weighted by Crippen LogP contribution is 2.41. The van der Waals surface area contributed by atoms with E-state index in [0.717, 1.165) is 54.5 Å². The molecule has 0 N–H and O–H groups in total. The predicted molar refractivity (Wildman–Crippen MR) is 144 cm³/mol. The number of cyclic esters (lactones) is 1. The van der Waals surface area contributed by atoms with E-state index in [4.69, 9.17) is 9.47 Å². The molecule has 2 aliphatic rings. The maximum Gasteiger partial charge on any atom is 0.416 e. The number of allylic oxidation sites excluding steroid dienone is 1. The molecule has 2 aromatic carbocycles. The lowest BCUT2D eigenvalue weighted by molar-refractivity contribution is -0.137. The summed E-state index contributed by atoms with van der Waals surface area (Å²) in [4.78, 5) is 27.4. The summed E-state index contributed by atoms with van der Waals surface area (Å²) >= 11 is 0. The highest BCUT2D eigenvalue weighted by Gasteiger charge is 2.41. The number of alkyl halides is 3. The number of Topliss-reactive ketones (excluding diaryl/α,β-unsaturated/α-hetero) is 1. The normalized spacial score (nSPS) is 20.0. The summed E-state index contributed by atoms with van der Waals surface area (Å²) in [5.74, 6) is 0.978. The summed E-state index contributed by atoms with van der Waals surface area (Å²) in [6.45, 7) is 7.73. The van der Waals surface area contributed by atoms with Gasteiger partial charge in [0, 0.05) is 24.1 Å². The lowest BCUT2D eigenvalue weighted by Crippen LogP contribution is -2.34. The average Bonchev–Trinajstić information content (AvgIpc) is 3.15. The molecule has 0 unspecified atom stereocenters. The predicted octanol–water partition coefficient (Wildman–Crippen LogP) is 8.16. The third kappa shape index (κ3) is 6.31. The molecule has 0 spiro atoms. The number of nitrogens with zero attached hydrogens (tertiary/aromatic N) is 1. The minimum absolute atomic E-state index is 0.0721. The van der Waals surface area contributed by atoms with Crippen LogP contribution in [0.5, 0.6) is 5.75 Å². The van der Waals surface area contributed by atoms with E-state index >= 15 is 0 Å². The van der Waals surface area contributed by atoms with Crippen molar-refractivity contribution in [2.24, 2.45) is 5.92 Å². The number of rotatable bonds is 8. The van der Waals surface area contributed by atoms with Gasteiger partial charge in [0.15, 0.2) is 5.78 Å². The van der Waals surface area contributed by atoms with Gasteiger partial charge in [-0.1, -0.05) is 25.5 Å². The van der Waals surface area contributed by atoms with Crippen LogP contribution in [0.25, 0.3) is 5.57 Å². The molecular weight excluding hydrogens is 507 g/mol. The van der Waals surface area contributed by atoms with Crippen LogP contribution in [0.4, 0.5) is 18.0 Å². The summed E-state index contributed by atoms with van der Waals surface area (Å²) in [6.07, 6.45) is -1.92. The monoisotopic (exact) mass is 543 g/mol. The Kier molecular flexibility index (Phi) is 8.42. The van der Waals surface area contributed by atoms with Crippen molar-refractivity contribution < 1.29 is 32.2 Å². The van der Waals surface area contributed by atoms with E-state index in [1.165, 1.54) is 0 Å². The molecular formula is C31H36F3NO4. The van der Waals surface area contributed by atoms with E-state index in [9.17, 15) is 22.8 Å². The molecule has 0 bridgehead atoms. The largest absolute Gasteiger partial charge is 0.496 e. The van der Waals surface area contributed by atoms with Crippen LogP contribution in [-0.4, -0.2) is 36.5 Å². The van der Waals surface area contributed by atoms with Gasteiger partial charge < -0.3 is 9.47 Å². The van der Waals surface area contributed by atoms with E-state index < -0.39 is 30.0 Å². The number of carbonyl (C=O) groups is 2. The quantitative estimate of drug-likeness (QED) is 0.315. The van der Waals surface area contributed by atoms with E-state index in [-0.39, 0.29) is 11.7 Å². The topological polar surface area (TPSA) is 55.8 Å². The van der Waals surface area contributed by atoms with Crippen molar-refractivity contribution in [3.63, 3.8) is 0 Å². The Hall–Kier alpha value is -3.29. The fraction of sp³-hybridized carbons (Fsp3) is 0.484. The zero-order chi connectivity index (χ0) is 28.5. The summed E-state index contributed by atoms with van der Waals surface area (Å²) < 4.78 is 51.6. The van der Waals surface area contributed by atoms with Gasteiger partial charge in [-0.2, -0.15) is 13.2 Å². The number of halogens is 3. The van der Waals surface area contributed by atoms with Gasteiger partial charge in [0.25, 0.3) is 0 Å². The number of carbonyl (C=O) groups excluding carboxylic acids is 2. The van der Waals surface area contributed by atoms with Crippen LogP contribution in [0, 0.1) is 12.8 Å². The molecule has 2 atom stereocenters. The lowest BCUT2D eigenvalue weighted by atomic mass is 9.85. The van der Waals surface area contributed by atoms with Crippen molar-refractivity contribution in [2.45, 2.75) is 78.1 Å². The highest BCUT2D eigenvalue weighted by molar-refractivity contribution is 5.97. The summed E-state index contributed by atoms with van der Waals surface area (Å²) in [7, 11) is 1.60. The first kappa shape index (κ1) is 28.7. The molecule has 0 radical (unpaired) electrons. The summed E-state index contributed by atoms with van der Waals surface area (Å²) in [6, 6.07) is 8.85. The first-order chi connectivity index (χ1) is 18.4. The number of ether oxygens (including phenoxy) is 2. The minimum atomic E-state index is -4.49. The highest BCUT2D eigenvalue weighted by atomic mass is 19.4. The molecule has 1 aliphatic heterocycles. The van der Waals surface area contributed by atoms with Gasteiger partial charge in [-0.05, 0) is 92.5 Å². The Morgan fingerprint density at radius 3 is 2.51 bits per heavy atom. The van der Waals surface area contributed by atoms with Crippen molar-refractivity contribution in [1.82, 2.24) is 4.90 Å². The molecule has 210 valence electrons. The molecule has 5 nitrogen and oxygen atoms in total. The molecule has 0 saturated carbocycles. The van der Waals surface area contributed by atoms with Crippen molar-refractivity contribution in [1.29, 1.82) is 0 Å². The van der Waals surface area contributed by atoms with Crippen LogP contribution in [0.1, 0.15) is 91.6 Å². The van der Waals surface area contributed by atoms with Gasteiger partial charge in [0.2, 0.25) is 0 Å². The van der Waals surface area contributed by atoms with Gasteiger partial charge in [0.1, 0.15) is 11.9 Å². The first-order valence-corrected chi connectivity index (χ1v) is 13.5. The van der Waals surface area contributed by atoms with Crippen molar-refractivity contribution >= 4 is 17.4 Å². The second-order valence-electron chi connectivity index (χ2n) is 11.0. The number of hydrogen-bond donors (Lipinski definition) is 0. The first-order valence-electron chi connectivity index (χ1n) is 13.5. The number of aryl methyl sites for hydroxylation is 1. The molecule has 1 fully saturated rings. The molecule has 1 amide bonds. The van der Waals surface area contributed by atoms with Crippen LogP contribution in [0.15, 0.2) is 42.0 Å². The maximum absolute atomic E-state index is 13.4. The zero-order valence-electron chi connectivity index (χ0n) is 23.2. The molecule has 2 aromatic rings. The Morgan fingerprint density at radius 1 is 1.13 bits per heavy atom. The molecule has 1 heterocycles. The van der Waals surface area contributed by atoms with Crippen LogP contribution >= 0.6 is 0 Å². The van der Waals surface area contributed by atoms with Gasteiger partial charge in [0.05, 0.1) is 18.7 Å². The maximum atomic E-state index is 13.4. The number of methoxy groups -OCH3 is 1. The van der Waals surface area contributed by atoms with Gasteiger partial charge in [-0.25, -0.2) is 4.79 Å². The molecule has 39 heavy (non-hydrogen) atoms. The molecule has 1 aliphatic carbocycles. The lowest BCUT2D eigenvalue weighted by Gasteiger charge is -2.28.